The maximum absolute atomic E-state index is 12.3. The molecule has 0 aliphatic heterocycles. The molecular formula is C33H48N4O6. The number of nitrogens with one attached hydrogen (secondary N) is 2. The molecule has 0 fully saturated rings. The van der Waals surface area contributed by atoms with E-state index in [2.05, 4.69) is 16.6 Å². The highest BCUT2D eigenvalue weighted by Gasteiger charge is 2.28. The molecule has 0 bridgehead atoms. The largest absolute Gasteiger partial charge is 0.447 e. The normalized spacial score (nSPS) is 12.1. The van der Waals surface area contributed by atoms with E-state index in [1.165, 1.54) is 0 Å². The summed E-state index contributed by atoms with van der Waals surface area (Å²) < 4.78 is 20.2. The van der Waals surface area contributed by atoms with Gasteiger partial charge in [-0.3, -0.25) is 0 Å². The minimum Gasteiger partial charge on any atom is -0.447 e. The molecule has 0 aromatic heterocycles. The second-order valence-electron chi connectivity index (χ2n) is 12.4. The molecule has 2 rings (SSSR count). The van der Waals surface area contributed by atoms with Gasteiger partial charge in [0, 0.05) is 14.2 Å². The summed E-state index contributed by atoms with van der Waals surface area (Å²) in [5.74, 6) is 0. The summed E-state index contributed by atoms with van der Waals surface area (Å²) in [6.07, 6.45) is -1.02. The zero-order valence-corrected chi connectivity index (χ0v) is 27.3. The molecular weight excluding hydrogens is 548 g/mol. The lowest BCUT2D eigenvalue weighted by atomic mass is 9.87. The first-order chi connectivity index (χ1) is 20.0. The van der Waals surface area contributed by atoms with Gasteiger partial charge in [-0.15, -0.1) is 0 Å². The first-order valence-electron chi connectivity index (χ1n) is 14.3. The zero-order valence-electron chi connectivity index (χ0n) is 27.3. The number of amides is 2. The molecule has 0 radical (unpaired) electrons. The van der Waals surface area contributed by atoms with Crippen molar-refractivity contribution in [1.29, 1.82) is 0 Å². The highest BCUT2D eigenvalue weighted by Crippen LogP contribution is 2.31. The molecule has 0 spiro atoms. The molecule has 2 aromatic rings. The molecule has 0 atom stereocenters. The lowest BCUT2D eigenvalue weighted by Crippen LogP contribution is -2.41. The van der Waals surface area contributed by atoms with Crippen molar-refractivity contribution in [2.75, 3.05) is 40.6 Å². The van der Waals surface area contributed by atoms with Gasteiger partial charge in [0.1, 0.15) is 13.2 Å². The standard InChI is InChI=1S/C33H48N4O6/c1-30(2,24-13-11-15-26(21-24)32(5,6)36-28(38)42-19-17-40-9)34-23-35-31(3,4)25-14-12-16-27(22-25)33(7,8)37-29(39)43-20-18-41-10/h11-16,21-22H,17-20H2,1-10H3,(H,36,38)(H,37,39). The maximum atomic E-state index is 12.3. The molecule has 0 aliphatic carbocycles. The van der Waals surface area contributed by atoms with Crippen LogP contribution in [0.2, 0.25) is 0 Å². The van der Waals surface area contributed by atoms with E-state index >= 15 is 0 Å². The fourth-order valence-corrected chi connectivity index (χ4v) is 4.14. The summed E-state index contributed by atoms with van der Waals surface area (Å²) in [6, 6.07) is 18.8. The van der Waals surface area contributed by atoms with E-state index in [1.807, 2.05) is 104 Å². The van der Waals surface area contributed by atoms with Crippen LogP contribution in [-0.2, 0) is 41.1 Å². The summed E-state index contributed by atoms with van der Waals surface area (Å²) >= 11 is 0. The molecule has 2 amide bonds. The Morgan fingerprint density at radius 2 is 0.977 bits per heavy atom. The van der Waals surface area contributed by atoms with E-state index in [9.17, 15) is 9.59 Å². The monoisotopic (exact) mass is 596 g/mol. The van der Waals surface area contributed by atoms with E-state index in [-0.39, 0.29) is 13.2 Å². The molecule has 2 aromatic carbocycles. The Balaban J connectivity index is 2.22. The number of rotatable bonds is 14. The topological polar surface area (TPSA) is 120 Å². The van der Waals surface area contributed by atoms with Gasteiger partial charge in [-0.2, -0.15) is 0 Å². The van der Waals surface area contributed by atoms with E-state index in [0.29, 0.717) is 13.2 Å². The van der Waals surface area contributed by atoms with Crippen LogP contribution in [0.1, 0.15) is 77.6 Å². The first kappa shape index (κ1) is 35.5. The molecule has 10 heteroatoms. The molecule has 2 N–H and O–H groups in total. The summed E-state index contributed by atoms with van der Waals surface area (Å²) in [4.78, 5) is 33.9. The minimum atomic E-state index is -0.676. The van der Waals surface area contributed by atoms with Gasteiger partial charge in [0.25, 0.3) is 0 Å². The molecule has 0 unspecified atom stereocenters. The van der Waals surface area contributed by atoms with Crippen LogP contribution in [0.15, 0.2) is 58.5 Å². The third kappa shape index (κ3) is 10.8. The highest BCUT2D eigenvalue weighted by molar-refractivity contribution is 5.69. The summed E-state index contributed by atoms with van der Waals surface area (Å²) in [6.45, 7) is 16.6. The summed E-state index contributed by atoms with van der Waals surface area (Å²) in [5.41, 5.74) is 1.08. The van der Waals surface area contributed by atoms with Crippen molar-refractivity contribution in [2.45, 2.75) is 77.5 Å². The van der Waals surface area contributed by atoms with E-state index < -0.39 is 34.3 Å². The highest BCUT2D eigenvalue weighted by atomic mass is 16.6. The Kier molecular flexibility index (Phi) is 12.5. The molecule has 0 heterocycles. The second-order valence-corrected chi connectivity index (χ2v) is 12.4. The van der Waals surface area contributed by atoms with Crippen LogP contribution < -0.4 is 10.6 Å². The number of carbonyl (C=O) groups is 2. The number of methoxy groups -OCH3 is 2. The third-order valence-corrected chi connectivity index (χ3v) is 7.11. The second kappa shape index (κ2) is 15.1. The number of benzene rings is 2. The molecule has 10 nitrogen and oxygen atoms in total. The van der Waals surface area contributed by atoms with Crippen molar-refractivity contribution < 1.29 is 28.5 Å². The maximum Gasteiger partial charge on any atom is 0.407 e. The van der Waals surface area contributed by atoms with Crippen molar-refractivity contribution in [1.82, 2.24) is 10.6 Å². The number of ether oxygens (including phenoxy) is 4. The molecule has 0 saturated heterocycles. The SMILES string of the molecule is COCCOC(=O)NC(C)(C)c1cccc(C(C)(C)N=C=NC(C)(C)c2cccc(C(C)(C)NC(=O)OCCOC)c2)c1. The number of aliphatic imine (C=N–C) groups is 2. The van der Waals surface area contributed by atoms with Gasteiger partial charge in [0.15, 0.2) is 0 Å². The van der Waals surface area contributed by atoms with Crippen molar-refractivity contribution in [2.24, 2.45) is 9.98 Å². The van der Waals surface area contributed by atoms with Crippen molar-refractivity contribution in [3.63, 3.8) is 0 Å². The number of hydrogen-bond acceptors (Lipinski definition) is 8. The minimum absolute atomic E-state index is 0.179. The van der Waals surface area contributed by atoms with Crippen LogP contribution in [0, 0.1) is 0 Å². The molecule has 0 aliphatic rings. The predicted molar refractivity (Wildman–Crippen MR) is 168 cm³/mol. The predicted octanol–water partition coefficient (Wildman–Crippen LogP) is 6.25. The Morgan fingerprint density at radius 3 is 1.33 bits per heavy atom. The van der Waals surface area contributed by atoms with Crippen LogP contribution in [0.25, 0.3) is 0 Å². The lowest BCUT2D eigenvalue weighted by molar-refractivity contribution is 0.0927. The number of carbonyl (C=O) groups excluding carboxylic acids is 2. The summed E-state index contributed by atoms with van der Waals surface area (Å²) in [5, 5.41) is 5.82. The van der Waals surface area contributed by atoms with E-state index in [1.54, 1.807) is 14.2 Å². The lowest BCUT2D eigenvalue weighted by Gasteiger charge is -2.29. The Labute approximate surface area is 256 Å². The van der Waals surface area contributed by atoms with Gasteiger partial charge in [-0.25, -0.2) is 19.6 Å². The average molecular weight is 597 g/mol. The molecule has 0 saturated carbocycles. The Morgan fingerprint density at radius 1 is 0.628 bits per heavy atom. The number of hydrogen-bond donors (Lipinski definition) is 2. The van der Waals surface area contributed by atoms with Crippen molar-refractivity contribution >= 4 is 18.2 Å². The smallest absolute Gasteiger partial charge is 0.407 e. The van der Waals surface area contributed by atoms with Crippen LogP contribution in [0.3, 0.4) is 0 Å². The van der Waals surface area contributed by atoms with Crippen LogP contribution in [0.5, 0.6) is 0 Å². The third-order valence-electron chi connectivity index (χ3n) is 7.11. The van der Waals surface area contributed by atoms with E-state index in [4.69, 9.17) is 28.9 Å². The average Bonchev–Trinajstić information content (AvgIpc) is 2.93. The van der Waals surface area contributed by atoms with Crippen LogP contribution in [-0.4, -0.2) is 58.8 Å². The first-order valence-corrected chi connectivity index (χ1v) is 14.3. The van der Waals surface area contributed by atoms with E-state index in [0.717, 1.165) is 22.3 Å². The van der Waals surface area contributed by atoms with Gasteiger partial charge < -0.3 is 29.6 Å². The fraction of sp³-hybridized carbons (Fsp3) is 0.545. The zero-order chi connectivity index (χ0) is 32.3. The fourth-order valence-electron chi connectivity index (χ4n) is 4.14. The van der Waals surface area contributed by atoms with Crippen molar-refractivity contribution in [3.05, 3.63) is 70.8 Å². The summed E-state index contributed by atoms with van der Waals surface area (Å²) in [7, 11) is 3.11. The molecule has 236 valence electrons. The van der Waals surface area contributed by atoms with Crippen molar-refractivity contribution in [3.8, 4) is 0 Å². The van der Waals surface area contributed by atoms with Gasteiger partial charge in [0.05, 0.1) is 41.4 Å². The van der Waals surface area contributed by atoms with Gasteiger partial charge in [-0.05, 0) is 77.6 Å². The Hall–Kier alpha value is -3.72. The number of nitrogens with zero attached hydrogens (tertiary/aromatic N) is 2. The molecule has 43 heavy (non-hydrogen) atoms. The Bertz CT molecular complexity index is 1200. The van der Waals surface area contributed by atoms with Crippen LogP contribution in [0.4, 0.5) is 9.59 Å². The van der Waals surface area contributed by atoms with Gasteiger partial charge in [0.2, 0.25) is 0 Å². The van der Waals surface area contributed by atoms with Gasteiger partial charge >= 0.3 is 12.2 Å². The van der Waals surface area contributed by atoms with Crippen LogP contribution >= 0.6 is 0 Å². The quantitative estimate of drug-likeness (QED) is 0.197. The van der Waals surface area contributed by atoms with Gasteiger partial charge in [-0.1, -0.05) is 48.5 Å². The number of alkyl carbamates (subject to hydrolysis) is 2.